The lowest BCUT2D eigenvalue weighted by Gasteiger charge is -2.52. The van der Waals surface area contributed by atoms with Crippen LogP contribution in [0.4, 0.5) is 0 Å². The topological polar surface area (TPSA) is 94.9 Å². The van der Waals surface area contributed by atoms with Gasteiger partial charge in [-0.15, -0.1) is 0 Å². The van der Waals surface area contributed by atoms with Gasteiger partial charge in [-0.1, -0.05) is 30.3 Å². The third kappa shape index (κ3) is 4.82. The van der Waals surface area contributed by atoms with Gasteiger partial charge in [-0.25, -0.2) is 0 Å². The molecular formula is C26H35N3O4. The fraction of sp³-hybridized carbons (Fsp3) is 0.538. The van der Waals surface area contributed by atoms with Gasteiger partial charge >= 0.3 is 0 Å². The van der Waals surface area contributed by atoms with E-state index < -0.39 is 23.4 Å². The Morgan fingerprint density at radius 3 is 2.58 bits per heavy atom. The SMILES string of the molecule is CN(C)[C@@H]1CC[C@@]2(C(O)CNC(=O)c3ccncc3)C[C@H](c3ccccc3)C[C@](C)(O2)[C@H]1O. The van der Waals surface area contributed by atoms with Crippen LogP contribution in [0.1, 0.15) is 54.4 Å². The summed E-state index contributed by atoms with van der Waals surface area (Å²) in [6.45, 7) is 2.03. The highest BCUT2D eigenvalue weighted by Gasteiger charge is 2.57. The minimum atomic E-state index is -0.915. The van der Waals surface area contributed by atoms with Crippen LogP contribution in [-0.2, 0) is 4.74 Å². The zero-order valence-corrected chi connectivity index (χ0v) is 19.6. The van der Waals surface area contributed by atoms with Crippen LogP contribution < -0.4 is 5.32 Å². The first-order valence-electron chi connectivity index (χ1n) is 11.7. The standard InChI is InChI=1S/C26H35N3O4/c1-25-15-20(18-7-5-4-6-8-18)16-26(33-25,12-9-21(23(25)31)29(2)3)22(30)17-28-24(32)19-10-13-27-14-11-19/h4-8,10-11,13-14,20-23,30-31H,9,12,15-17H2,1-3H3,(H,28,32)/t20-,21-,22?,23+,25+,26+/m1/s1. The van der Waals surface area contributed by atoms with Crippen LogP contribution >= 0.6 is 0 Å². The van der Waals surface area contributed by atoms with Crippen LogP contribution in [-0.4, -0.2) is 76.1 Å². The first-order valence-corrected chi connectivity index (χ1v) is 11.7. The fourth-order valence-corrected chi connectivity index (χ4v) is 5.67. The largest absolute Gasteiger partial charge is 0.388 e. The predicted molar refractivity (Wildman–Crippen MR) is 126 cm³/mol. The molecule has 1 aromatic carbocycles. The van der Waals surface area contributed by atoms with Crippen molar-refractivity contribution in [3.05, 3.63) is 66.0 Å². The van der Waals surface area contributed by atoms with Gasteiger partial charge in [-0.05, 0) is 70.3 Å². The molecule has 33 heavy (non-hydrogen) atoms. The zero-order valence-electron chi connectivity index (χ0n) is 19.6. The first kappa shape index (κ1) is 23.8. The van der Waals surface area contributed by atoms with Crippen LogP contribution in [0, 0.1) is 0 Å². The van der Waals surface area contributed by atoms with Crippen molar-refractivity contribution in [1.29, 1.82) is 0 Å². The minimum Gasteiger partial charge on any atom is -0.388 e. The van der Waals surface area contributed by atoms with Crippen molar-refractivity contribution in [3.8, 4) is 0 Å². The molecule has 6 atom stereocenters. The molecule has 7 heteroatoms. The molecule has 0 radical (unpaired) electrons. The average molecular weight is 454 g/mol. The molecule has 2 saturated heterocycles. The molecule has 3 heterocycles. The lowest BCUT2D eigenvalue weighted by Crippen LogP contribution is -2.61. The Hall–Kier alpha value is -2.32. The van der Waals surface area contributed by atoms with E-state index in [9.17, 15) is 15.0 Å². The molecule has 2 bridgehead atoms. The molecule has 4 rings (SSSR count). The molecule has 0 saturated carbocycles. The van der Waals surface area contributed by atoms with Gasteiger partial charge in [0.25, 0.3) is 5.91 Å². The van der Waals surface area contributed by atoms with Crippen LogP contribution in [0.5, 0.6) is 0 Å². The smallest absolute Gasteiger partial charge is 0.251 e. The van der Waals surface area contributed by atoms with Gasteiger partial charge in [0.05, 0.1) is 17.3 Å². The number of likely N-dealkylation sites (N-methyl/N-ethyl adjacent to an activating group) is 1. The minimum absolute atomic E-state index is 0.0709. The summed E-state index contributed by atoms with van der Waals surface area (Å²) >= 11 is 0. The van der Waals surface area contributed by atoms with Crippen LogP contribution in [0.15, 0.2) is 54.9 Å². The Morgan fingerprint density at radius 1 is 1.21 bits per heavy atom. The van der Waals surface area contributed by atoms with Gasteiger partial charge in [0.2, 0.25) is 0 Å². The van der Waals surface area contributed by atoms with Gasteiger partial charge in [-0.2, -0.15) is 0 Å². The molecule has 1 amide bonds. The molecule has 2 aromatic rings. The second-order valence-corrected chi connectivity index (χ2v) is 9.97. The van der Waals surface area contributed by atoms with Crippen molar-refractivity contribution in [2.24, 2.45) is 0 Å². The number of nitrogens with zero attached hydrogens (tertiary/aromatic N) is 2. The number of amides is 1. The average Bonchev–Trinajstić information content (AvgIpc) is 2.90. The number of ether oxygens (including phenoxy) is 1. The normalized spacial score (nSPS) is 32.7. The highest BCUT2D eigenvalue weighted by Crippen LogP contribution is 2.51. The summed E-state index contributed by atoms with van der Waals surface area (Å²) in [6, 6.07) is 13.5. The molecule has 2 fully saturated rings. The number of carbonyl (C=O) groups excluding carboxylic acids is 1. The van der Waals surface area contributed by atoms with Crippen LogP contribution in [0.3, 0.4) is 0 Å². The summed E-state index contributed by atoms with van der Waals surface area (Å²) in [4.78, 5) is 18.6. The molecule has 1 aromatic heterocycles. The maximum atomic E-state index is 12.6. The fourth-order valence-electron chi connectivity index (χ4n) is 5.67. The quantitative estimate of drug-likeness (QED) is 0.622. The maximum absolute atomic E-state index is 12.6. The summed E-state index contributed by atoms with van der Waals surface area (Å²) in [5.41, 5.74) is -0.0134. The van der Waals surface area contributed by atoms with E-state index in [0.29, 0.717) is 31.2 Å². The lowest BCUT2D eigenvalue weighted by molar-refractivity contribution is -0.250. The second kappa shape index (κ2) is 9.50. The van der Waals surface area contributed by atoms with Gasteiger partial charge in [-0.3, -0.25) is 9.78 Å². The molecule has 1 unspecified atom stereocenters. The predicted octanol–water partition coefficient (Wildman–Crippen LogP) is 2.35. The van der Waals surface area contributed by atoms with Gasteiger partial charge in [0.1, 0.15) is 6.10 Å². The molecule has 3 N–H and O–H groups in total. The van der Waals surface area contributed by atoms with E-state index in [1.165, 1.54) is 5.56 Å². The van der Waals surface area contributed by atoms with Crippen LogP contribution in [0.2, 0.25) is 0 Å². The number of hydrogen-bond donors (Lipinski definition) is 3. The summed E-state index contributed by atoms with van der Waals surface area (Å²) < 4.78 is 6.68. The summed E-state index contributed by atoms with van der Waals surface area (Å²) in [5, 5.41) is 25.7. The van der Waals surface area contributed by atoms with Gasteiger partial charge in [0.15, 0.2) is 0 Å². The van der Waals surface area contributed by atoms with E-state index in [1.54, 1.807) is 24.5 Å². The van der Waals surface area contributed by atoms with E-state index >= 15 is 0 Å². The van der Waals surface area contributed by atoms with Crippen molar-refractivity contribution in [1.82, 2.24) is 15.2 Å². The number of fused-ring (bicyclic) bond motifs is 2. The molecule has 0 spiro atoms. The zero-order chi connectivity index (χ0) is 23.6. The Labute approximate surface area is 195 Å². The third-order valence-corrected chi connectivity index (χ3v) is 7.47. The number of aromatic nitrogens is 1. The Morgan fingerprint density at radius 2 is 1.91 bits per heavy atom. The highest BCUT2D eigenvalue weighted by atomic mass is 16.6. The molecule has 178 valence electrons. The molecule has 2 aliphatic rings. The third-order valence-electron chi connectivity index (χ3n) is 7.47. The van der Waals surface area contributed by atoms with Gasteiger partial charge < -0.3 is 25.2 Å². The first-order chi connectivity index (χ1) is 15.7. The number of aliphatic hydroxyl groups is 2. The molecule has 7 nitrogen and oxygen atoms in total. The maximum Gasteiger partial charge on any atom is 0.251 e. The second-order valence-electron chi connectivity index (χ2n) is 9.97. The Kier molecular flexibility index (Phi) is 6.86. The van der Waals surface area contributed by atoms with Crippen LogP contribution in [0.25, 0.3) is 0 Å². The summed E-state index contributed by atoms with van der Waals surface area (Å²) in [6.07, 6.45) is 4.11. The van der Waals surface area contributed by atoms with Crippen molar-refractivity contribution in [3.63, 3.8) is 0 Å². The lowest BCUT2D eigenvalue weighted by atomic mass is 9.72. The number of benzene rings is 1. The number of pyridine rings is 1. The van der Waals surface area contributed by atoms with E-state index in [2.05, 4.69) is 22.4 Å². The van der Waals surface area contributed by atoms with E-state index in [1.807, 2.05) is 44.1 Å². The van der Waals surface area contributed by atoms with Gasteiger partial charge in [0, 0.05) is 30.5 Å². The summed E-state index contributed by atoms with van der Waals surface area (Å²) in [7, 11) is 3.94. The molecule has 0 aliphatic carbocycles. The number of rotatable bonds is 6. The van der Waals surface area contributed by atoms with Crippen molar-refractivity contribution in [2.75, 3.05) is 20.6 Å². The monoisotopic (exact) mass is 453 g/mol. The van der Waals surface area contributed by atoms with Crippen molar-refractivity contribution < 1.29 is 19.7 Å². The van der Waals surface area contributed by atoms with E-state index in [0.717, 1.165) is 0 Å². The number of hydrogen-bond acceptors (Lipinski definition) is 6. The van der Waals surface area contributed by atoms with Crippen molar-refractivity contribution >= 4 is 5.91 Å². The molecular weight excluding hydrogens is 418 g/mol. The van der Waals surface area contributed by atoms with E-state index in [-0.39, 0.29) is 24.4 Å². The molecule has 2 aliphatic heterocycles. The van der Waals surface area contributed by atoms with Crippen molar-refractivity contribution in [2.45, 2.75) is 68.0 Å². The summed E-state index contributed by atoms with van der Waals surface area (Å²) in [5.74, 6) is -0.128. The Bertz CT molecular complexity index is 941. The number of carbonyl (C=O) groups is 1. The number of aliphatic hydroxyl groups excluding tert-OH is 2. The highest BCUT2D eigenvalue weighted by molar-refractivity contribution is 5.93. The Balaban J connectivity index is 1.62. The van der Waals surface area contributed by atoms with E-state index in [4.69, 9.17) is 4.74 Å². The number of nitrogens with one attached hydrogen (secondary N) is 1.